The van der Waals surface area contributed by atoms with Gasteiger partial charge < -0.3 is 10.2 Å². The van der Waals surface area contributed by atoms with Gasteiger partial charge >= 0.3 is 11.9 Å². The molecule has 0 spiro atoms. The highest BCUT2D eigenvalue weighted by molar-refractivity contribution is 6.31. The van der Waals surface area contributed by atoms with Crippen molar-refractivity contribution >= 4 is 17.6 Å². The fourth-order valence-electron chi connectivity index (χ4n) is 0.931. The van der Waals surface area contributed by atoms with Crippen LogP contribution >= 0.6 is 11.6 Å². The molecule has 6 heteroatoms. The zero-order valence-electron chi connectivity index (χ0n) is 6.67. The van der Waals surface area contributed by atoms with Gasteiger partial charge in [0.2, 0.25) is 0 Å². The number of alkyl halides is 2. The van der Waals surface area contributed by atoms with E-state index in [1.54, 1.807) is 0 Å². The van der Waals surface area contributed by atoms with E-state index in [1.165, 1.54) is 6.07 Å². The Hall–Kier alpha value is -1.36. The van der Waals surface area contributed by atoms with Gasteiger partial charge in [-0.1, -0.05) is 17.7 Å². The normalized spacial score (nSPS) is 11.4. The highest BCUT2D eigenvalue weighted by Crippen LogP contribution is 2.39. The molecule has 3 nitrogen and oxygen atoms in total. The van der Waals surface area contributed by atoms with Crippen LogP contribution in [0.2, 0.25) is 5.02 Å². The number of rotatable bonds is 2. The van der Waals surface area contributed by atoms with Crippen molar-refractivity contribution in [3.05, 3.63) is 28.8 Å². The van der Waals surface area contributed by atoms with Crippen LogP contribution < -0.4 is 0 Å². The lowest BCUT2D eigenvalue weighted by atomic mass is 10.1. The number of carboxylic acids is 1. The number of carbonyl (C=O) groups is 1. The number of hydrogen-bond donors (Lipinski definition) is 2. The maximum Gasteiger partial charge on any atom is 0.379 e. The summed E-state index contributed by atoms with van der Waals surface area (Å²) in [5.74, 6) is -7.40. The van der Waals surface area contributed by atoms with Gasteiger partial charge in [-0.3, -0.25) is 0 Å². The number of hydrogen-bond acceptors (Lipinski definition) is 2. The lowest BCUT2D eigenvalue weighted by molar-refractivity contribution is -0.166. The molecular formula is C8H5ClF2O3. The number of aliphatic carboxylic acids is 1. The van der Waals surface area contributed by atoms with Gasteiger partial charge in [-0.25, -0.2) is 4.79 Å². The summed E-state index contributed by atoms with van der Waals surface area (Å²) >= 11 is 5.35. The first-order chi connectivity index (χ1) is 6.37. The molecule has 1 aromatic rings. The average molecular weight is 223 g/mol. The van der Waals surface area contributed by atoms with Crippen molar-refractivity contribution < 1.29 is 23.8 Å². The number of phenolic OH excluding ortho intramolecular Hbond substituents is 1. The zero-order valence-corrected chi connectivity index (χ0v) is 7.42. The SMILES string of the molecule is O=C(O)C(F)(F)c1c(O)cccc1Cl. The molecule has 0 amide bonds. The van der Waals surface area contributed by atoms with Crippen LogP contribution in [0.25, 0.3) is 0 Å². The Morgan fingerprint density at radius 1 is 1.43 bits per heavy atom. The van der Waals surface area contributed by atoms with Gasteiger partial charge in [-0.05, 0) is 12.1 Å². The molecule has 0 unspecified atom stereocenters. The maximum absolute atomic E-state index is 13.0. The Morgan fingerprint density at radius 2 is 2.00 bits per heavy atom. The van der Waals surface area contributed by atoms with E-state index in [0.29, 0.717) is 0 Å². The molecule has 0 aliphatic rings. The fraction of sp³-hybridized carbons (Fsp3) is 0.125. The molecule has 0 saturated heterocycles. The van der Waals surface area contributed by atoms with Crippen molar-refractivity contribution in [3.8, 4) is 5.75 Å². The first-order valence-electron chi connectivity index (χ1n) is 3.46. The van der Waals surface area contributed by atoms with E-state index in [2.05, 4.69) is 0 Å². The molecule has 0 aromatic heterocycles. The van der Waals surface area contributed by atoms with E-state index < -0.39 is 28.2 Å². The maximum atomic E-state index is 13.0. The van der Waals surface area contributed by atoms with Crippen molar-refractivity contribution in [1.82, 2.24) is 0 Å². The van der Waals surface area contributed by atoms with Crippen LogP contribution in [0.1, 0.15) is 5.56 Å². The van der Waals surface area contributed by atoms with Crippen molar-refractivity contribution in [3.63, 3.8) is 0 Å². The Kier molecular flexibility index (Phi) is 2.62. The Bertz CT molecular complexity index is 359. The monoisotopic (exact) mass is 222 g/mol. The molecule has 0 atom stereocenters. The van der Waals surface area contributed by atoms with E-state index >= 15 is 0 Å². The summed E-state index contributed by atoms with van der Waals surface area (Å²) in [6.45, 7) is 0. The molecule has 0 aliphatic carbocycles. The molecule has 0 fully saturated rings. The smallest absolute Gasteiger partial charge is 0.379 e. The largest absolute Gasteiger partial charge is 0.507 e. The second kappa shape index (κ2) is 3.42. The molecule has 1 aromatic carbocycles. The van der Waals surface area contributed by atoms with Crippen molar-refractivity contribution in [2.45, 2.75) is 5.92 Å². The van der Waals surface area contributed by atoms with E-state index in [4.69, 9.17) is 21.8 Å². The minimum Gasteiger partial charge on any atom is -0.507 e. The number of phenols is 1. The minimum absolute atomic E-state index is 0.489. The Balaban J connectivity index is 3.38. The predicted octanol–water partition coefficient (Wildman–Crippen LogP) is 2.22. The third-order valence-corrected chi connectivity index (χ3v) is 1.89. The molecule has 0 heterocycles. The minimum atomic E-state index is -4.19. The summed E-state index contributed by atoms with van der Waals surface area (Å²) in [6.07, 6.45) is 0. The van der Waals surface area contributed by atoms with Crippen LogP contribution in [0.4, 0.5) is 8.78 Å². The Labute approximate surface area is 82.5 Å². The molecule has 2 N–H and O–H groups in total. The van der Waals surface area contributed by atoms with E-state index in [1.807, 2.05) is 0 Å². The first kappa shape index (κ1) is 10.7. The van der Waals surface area contributed by atoms with Crippen LogP contribution in [0.15, 0.2) is 18.2 Å². The van der Waals surface area contributed by atoms with Gasteiger partial charge in [0.1, 0.15) is 5.75 Å². The van der Waals surface area contributed by atoms with Crippen LogP contribution in [-0.4, -0.2) is 16.2 Å². The number of carboxylic acid groups (broad SMARTS) is 1. The van der Waals surface area contributed by atoms with Gasteiger partial charge in [0.05, 0.1) is 10.6 Å². The second-order valence-electron chi connectivity index (χ2n) is 2.51. The number of aromatic hydroxyl groups is 1. The molecule has 76 valence electrons. The van der Waals surface area contributed by atoms with Crippen LogP contribution in [0.3, 0.4) is 0 Å². The standard InChI is InChI=1S/C8H5ClF2O3/c9-4-2-1-3-5(12)6(4)8(10,11)7(13)14/h1-3,12H,(H,13,14). The summed E-state index contributed by atoms with van der Waals surface area (Å²) in [6, 6.07) is 3.25. The average Bonchev–Trinajstić information content (AvgIpc) is 2.02. The van der Waals surface area contributed by atoms with Gasteiger partial charge in [-0.15, -0.1) is 0 Å². The zero-order chi connectivity index (χ0) is 10.9. The van der Waals surface area contributed by atoms with E-state index in [-0.39, 0.29) is 0 Å². The molecule has 0 aliphatic heterocycles. The Morgan fingerprint density at radius 3 is 2.43 bits per heavy atom. The lowest BCUT2D eigenvalue weighted by Gasteiger charge is -2.14. The quantitative estimate of drug-likeness (QED) is 0.807. The number of benzene rings is 1. The highest BCUT2D eigenvalue weighted by atomic mass is 35.5. The molecule has 1 rings (SSSR count). The van der Waals surface area contributed by atoms with Crippen molar-refractivity contribution in [2.24, 2.45) is 0 Å². The fourth-order valence-corrected chi connectivity index (χ4v) is 1.22. The topological polar surface area (TPSA) is 57.5 Å². The highest BCUT2D eigenvalue weighted by Gasteiger charge is 2.45. The third kappa shape index (κ3) is 1.63. The molecule has 0 radical (unpaired) electrons. The second-order valence-corrected chi connectivity index (χ2v) is 2.92. The summed E-state index contributed by atoms with van der Waals surface area (Å²) in [5.41, 5.74) is -1.09. The first-order valence-corrected chi connectivity index (χ1v) is 3.84. The summed E-state index contributed by atoms with van der Waals surface area (Å²) in [5, 5.41) is 16.8. The molecule has 14 heavy (non-hydrogen) atoms. The van der Waals surface area contributed by atoms with Gasteiger partial charge in [0, 0.05) is 0 Å². The van der Waals surface area contributed by atoms with Gasteiger partial charge in [0.15, 0.2) is 0 Å². The van der Waals surface area contributed by atoms with Crippen LogP contribution in [0, 0.1) is 0 Å². The van der Waals surface area contributed by atoms with Gasteiger partial charge in [-0.2, -0.15) is 8.78 Å². The lowest BCUT2D eigenvalue weighted by Crippen LogP contribution is -2.25. The molecule has 0 saturated carbocycles. The third-order valence-electron chi connectivity index (χ3n) is 1.57. The number of halogens is 3. The van der Waals surface area contributed by atoms with Crippen LogP contribution in [-0.2, 0) is 10.7 Å². The summed E-state index contributed by atoms with van der Waals surface area (Å²) in [4.78, 5) is 10.2. The summed E-state index contributed by atoms with van der Waals surface area (Å²) < 4.78 is 25.9. The molecular weight excluding hydrogens is 218 g/mol. The summed E-state index contributed by atoms with van der Waals surface area (Å²) in [7, 11) is 0. The van der Waals surface area contributed by atoms with Gasteiger partial charge in [0.25, 0.3) is 0 Å². The molecule has 0 bridgehead atoms. The van der Waals surface area contributed by atoms with E-state index in [9.17, 15) is 13.6 Å². The van der Waals surface area contributed by atoms with Crippen molar-refractivity contribution in [2.75, 3.05) is 0 Å². The van der Waals surface area contributed by atoms with Crippen LogP contribution in [0.5, 0.6) is 5.75 Å². The van der Waals surface area contributed by atoms with E-state index in [0.717, 1.165) is 12.1 Å². The predicted molar refractivity (Wildman–Crippen MR) is 44.6 cm³/mol. The van der Waals surface area contributed by atoms with Crippen molar-refractivity contribution in [1.29, 1.82) is 0 Å².